The molecule has 39 heavy (non-hydrogen) atoms. The summed E-state index contributed by atoms with van der Waals surface area (Å²) in [6.45, 7) is 1.77. The molecule has 0 atom stereocenters. The summed E-state index contributed by atoms with van der Waals surface area (Å²) in [5.41, 5.74) is 2.67. The maximum absolute atomic E-state index is 13.5. The first kappa shape index (κ1) is 29.4. The van der Waals surface area contributed by atoms with E-state index in [0.29, 0.717) is 32.5 Å². The molecule has 1 amide bonds. The first-order valence-corrected chi connectivity index (χ1v) is 14.0. The quantitative estimate of drug-likeness (QED) is 0.239. The Labute approximate surface area is 228 Å². The van der Waals surface area contributed by atoms with Crippen molar-refractivity contribution in [1.82, 2.24) is 9.80 Å². The Bertz CT molecular complexity index is 1390. The number of amides is 1. The monoisotopic (exact) mass is 549 g/mol. The molecule has 0 aliphatic rings. The number of hydrogen-bond acceptors (Lipinski definition) is 7. The normalized spacial score (nSPS) is 11.2. The van der Waals surface area contributed by atoms with E-state index in [1.165, 1.54) is 24.3 Å². The number of non-ortho nitro benzene ring substituents is 1. The molecule has 0 saturated carbocycles. The zero-order valence-electron chi connectivity index (χ0n) is 21.5. The van der Waals surface area contributed by atoms with Gasteiger partial charge in [-0.15, -0.1) is 0 Å². The van der Waals surface area contributed by atoms with Crippen molar-refractivity contribution in [2.75, 3.05) is 26.2 Å². The van der Waals surface area contributed by atoms with Gasteiger partial charge in [0, 0.05) is 44.7 Å². The Balaban J connectivity index is 1.74. The predicted molar refractivity (Wildman–Crippen MR) is 147 cm³/mol. The Morgan fingerprint density at radius 1 is 0.872 bits per heavy atom. The standard InChI is InChI=1S/C28H31N5O5S/c29-17-4-18-31(19-15-23-5-2-1-3-6-23)22-28(34)32(21-25-7-11-26(12-8-25)33(35)36)20-16-24-9-13-27(14-10-24)39(30,37)38/h1-3,5-14H,4,15-16,18-22H2,(H2,30,37,38). The van der Waals surface area contributed by atoms with Gasteiger partial charge >= 0.3 is 0 Å². The second-order valence-electron chi connectivity index (χ2n) is 9.10. The number of carbonyl (C=O) groups is 1. The van der Waals surface area contributed by atoms with E-state index in [2.05, 4.69) is 6.07 Å². The average molecular weight is 550 g/mol. The molecular weight excluding hydrogens is 518 g/mol. The Hall–Kier alpha value is -4.11. The number of primary sulfonamides is 1. The van der Waals surface area contributed by atoms with Gasteiger partial charge in [-0.05, 0) is 41.7 Å². The SMILES string of the molecule is N#CCCN(CCc1ccccc1)CC(=O)N(CCc1ccc(S(N)(=O)=O)cc1)Cc1ccc([N+](=O)[O-])cc1. The molecule has 11 heteroatoms. The molecule has 3 aromatic carbocycles. The van der Waals surface area contributed by atoms with Crippen molar-refractivity contribution in [1.29, 1.82) is 5.26 Å². The summed E-state index contributed by atoms with van der Waals surface area (Å²) in [6, 6.07) is 24.3. The fraction of sp³-hybridized carbons (Fsp3) is 0.286. The van der Waals surface area contributed by atoms with Crippen molar-refractivity contribution >= 4 is 21.6 Å². The van der Waals surface area contributed by atoms with Crippen LogP contribution < -0.4 is 5.14 Å². The van der Waals surface area contributed by atoms with Crippen LogP contribution in [0.3, 0.4) is 0 Å². The van der Waals surface area contributed by atoms with Gasteiger partial charge in [0.2, 0.25) is 15.9 Å². The molecule has 0 spiro atoms. The highest BCUT2D eigenvalue weighted by Crippen LogP contribution is 2.15. The van der Waals surface area contributed by atoms with Gasteiger partial charge in [0.1, 0.15) is 0 Å². The third kappa shape index (κ3) is 9.61. The lowest BCUT2D eigenvalue weighted by molar-refractivity contribution is -0.384. The van der Waals surface area contributed by atoms with Crippen LogP contribution >= 0.6 is 0 Å². The van der Waals surface area contributed by atoms with Crippen molar-refractivity contribution in [3.8, 4) is 6.07 Å². The molecule has 204 valence electrons. The Morgan fingerprint density at radius 3 is 2.05 bits per heavy atom. The van der Waals surface area contributed by atoms with Crippen LogP contribution in [0.1, 0.15) is 23.1 Å². The van der Waals surface area contributed by atoms with Crippen molar-refractivity contribution in [2.24, 2.45) is 5.14 Å². The van der Waals surface area contributed by atoms with Crippen LogP contribution in [0.25, 0.3) is 0 Å². The van der Waals surface area contributed by atoms with Gasteiger partial charge in [0.05, 0.1) is 22.4 Å². The maximum atomic E-state index is 13.5. The summed E-state index contributed by atoms with van der Waals surface area (Å²) < 4.78 is 23.1. The number of hydrogen-bond donors (Lipinski definition) is 1. The molecule has 2 N–H and O–H groups in total. The number of rotatable bonds is 14. The van der Waals surface area contributed by atoms with Gasteiger partial charge in [0.25, 0.3) is 5.69 Å². The third-order valence-electron chi connectivity index (χ3n) is 6.25. The fourth-order valence-corrected chi connectivity index (χ4v) is 4.56. The van der Waals surface area contributed by atoms with Crippen LogP contribution in [-0.2, 0) is 34.2 Å². The molecule has 0 aliphatic carbocycles. The first-order chi connectivity index (χ1) is 18.7. The molecule has 3 aromatic rings. The van der Waals surface area contributed by atoms with Crippen LogP contribution in [-0.4, -0.2) is 55.2 Å². The molecule has 0 aromatic heterocycles. The van der Waals surface area contributed by atoms with Crippen molar-refractivity contribution in [3.63, 3.8) is 0 Å². The van der Waals surface area contributed by atoms with Gasteiger partial charge in [-0.25, -0.2) is 13.6 Å². The second kappa shape index (κ2) is 14.2. The molecule has 0 heterocycles. The molecule has 0 aliphatic heterocycles. The molecule has 0 radical (unpaired) electrons. The first-order valence-electron chi connectivity index (χ1n) is 12.4. The number of nitriles is 1. The second-order valence-corrected chi connectivity index (χ2v) is 10.7. The number of nitro benzene ring substituents is 1. The van der Waals surface area contributed by atoms with E-state index in [-0.39, 0.29) is 29.6 Å². The van der Waals surface area contributed by atoms with Crippen LogP contribution in [0.5, 0.6) is 0 Å². The van der Waals surface area contributed by atoms with Gasteiger partial charge in [-0.2, -0.15) is 5.26 Å². The number of nitro groups is 1. The van der Waals surface area contributed by atoms with E-state index in [0.717, 1.165) is 23.1 Å². The summed E-state index contributed by atoms with van der Waals surface area (Å²) in [7, 11) is -3.80. The zero-order valence-corrected chi connectivity index (χ0v) is 22.3. The minimum Gasteiger partial charge on any atom is -0.337 e. The largest absolute Gasteiger partial charge is 0.337 e. The van der Waals surface area contributed by atoms with E-state index < -0.39 is 14.9 Å². The Kier molecular flexibility index (Phi) is 10.7. The highest BCUT2D eigenvalue weighted by Gasteiger charge is 2.19. The van der Waals surface area contributed by atoms with Gasteiger partial charge < -0.3 is 4.90 Å². The number of benzene rings is 3. The molecule has 0 saturated heterocycles. The minimum absolute atomic E-state index is 0.0108. The van der Waals surface area contributed by atoms with Gasteiger partial charge in [0.15, 0.2) is 0 Å². The van der Waals surface area contributed by atoms with E-state index >= 15 is 0 Å². The van der Waals surface area contributed by atoms with Crippen LogP contribution in [0.15, 0.2) is 83.8 Å². The number of nitrogens with two attached hydrogens (primary N) is 1. The zero-order chi connectivity index (χ0) is 28.3. The lowest BCUT2D eigenvalue weighted by atomic mass is 10.1. The highest BCUT2D eigenvalue weighted by molar-refractivity contribution is 7.89. The molecule has 0 unspecified atom stereocenters. The smallest absolute Gasteiger partial charge is 0.269 e. The maximum Gasteiger partial charge on any atom is 0.269 e. The van der Waals surface area contributed by atoms with E-state index in [4.69, 9.17) is 10.4 Å². The van der Waals surface area contributed by atoms with Gasteiger partial charge in [-0.3, -0.25) is 19.8 Å². The summed E-state index contributed by atoms with van der Waals surface area (Å²) in [5, 5.41) is 25.3. The molecule has 0 bridgehead atoms. The summed E-state index contributed by atoms with van der Waals surface area (Å²) >= 11 is 0. The van der Waals surface area contributed by atoms with Crippen molar-refractivity contribution < 1.29 is 18.1 Å². The number of carbonyl (C=O) groups excluding carboxylic acids is 1. The van der Waals surface area contributed by atoms with Crippen LogP contribution in [0.4, 0.5) is 5.69 Å². The third-order valence-corrected chi connectivity index (χ3v) is 7.18. The van der Waals surface area contributed by atoms with Crippen molar-refractivity contribution in [2.45, 2.75) is 30.7 Å². The highest BCUT2D eigenvalue weighted by atomic mass is 32.2. The lowest BCUT2D eigenvalue weighted by Crippen LogP contribution is -2.42. The topological polar surface area (TPSA) is 151 Å². The van der Waals surface area contributed by atoms with E-state index in [9.17, 15) is 23.3 Å². The lowest BCUT2D eigenvalue weighted by Gasteiger charge is -2.27. The fourth-order valence-electron chi connectivity index (χ4n) is 4.05. The van der Waals surface area contributed by atoms with Crippen molar-refractivity contribution in [3.05, 3.63) is 106 Å². The van der Waals surface area contributed by atoms with Crippen LogP contribution in [0, 0.1) is 21.4 Å². The Morgan fingerprint density at radius 2 is 1.46 bits per heavy atom. The van der Waals surface area contributed by atoms with E-state index in [1.807, 2.05) is 35.2 Å². The average Bonchev–Trinajstić information content (AvgIpc) is 2.93. The van der Waals surface area contributed by atoms with E-state index in [1.54, 1.807) is 29.2 Å². The van der Waals surface area contributed by atoms with Gasteiger partial charge in [-0.1, -0.05) is 54.6 Å². The predicted octanol–water partition coefficient (Wildman–Crippen LogP) is 3.27. The summed E-state index contributed by atoms with van der Waals surface area (Å²) in [4.78, 5) is 27.7. The minimum atomic E-state index is -3.80. The van der Waals surface area contributed by atoms with Crippen LogP contribution in [0.2, 0.25) is 0 Å². The molecule has 3 rings (SSSR count). The number of sulfonamides is 1. The number of nitrogens with zero attached hydrogens (tertiary/aromatic N) is 4. The molecule has 0 fully saturated rings. The molecular formula is C28H31N5O5S. The molecule has 10 nitrogen and oxygen atoms in total. The summed E-state index contributed by atoms with van der Waals surface area (Å²) in [5.74, 6) is -0.138. The summed E-state index contributed by atoms with van der Waals surface area (Å²) in [6.07, 6.45) is 1.49.